The predicted molar refractivity (Wildman–Crippen MR) is 287 cm³/mol. The van der Waals surface area contributed by atoms with Crippen molar-refractivity contribution in [1.29, 1.82) is 0 Å². The van der Waals surface area contributed by atoms with E-state index in [1.54, 1.807) is 0 Å². The molecule has 0 atom stereocenters. The zero-order chi connectivity index (χ0) is 45.5. The number of fused-ring (bicyclic) bond motifs is 17. The average molecular weight is 877 g/mol. The number of hydrogen-bond donors (Lipinski definition) is 0. The van der Waals surface area contributed by atoms with Crippen LogP contribution in [0.15, 0.2) is 267 Å². The molecule has 2 heteroatoms. The first-order chi connectivity index (χ1) is 34.3. The molecule has 2 aliphatic carbocycles. The highest BCUT2D eigenvalue weighted by Gasteiger charge is 2.50. The highest BCUT2D eigenvalue weighted by atomic mass is 15.2. The summed E-state index contributed by atoms with van der Waals surface area (Å²) < 4.78 is 0. The first kappa shape index (κ1) is 39.2. The van der Waals surface area contributed by atoms with Crippen molar-refractivity contribution in [3.05, 3.63) is 289 Å². The van der Waals surface area contributed by atoms with E-state index in [1.165, 1.54) is 89.0 Å². The van der Waals surface area contributed by atoms with E-state index >= 15 is 0 Å². The highest BCUT2D eigenvalue weighted by Crippen LogP contribution is 2.63. The Morgan fingerprint density at radius 2 is 0.696 bits per heavy atom. The third-order valence-electron chi connectivity index (χ3n) is 14.8. The summed E-state index contributed by atoms with van der Waals surface area (Å²) in [7, 11) is 0. The molecule has 1 heterocycles. The molecule has 11 aromatic rings. The SMILES string of the molecule is c1ccc(-c2ccc(N(c3ccc4c(c3)C3(c5ccccc5-c5ccccc5-c5ccccc53)c3ccccc3-4)c3cccc4c3N(c3ccccc3)c3ccccc3-c3ccccc3-4)cc2)cc1. The van der Waals surface area contributed by atoms with Crippen molar-refractivity contribution in [1.82, 2.24) is 0 Å². The van der Waals surface area contributed by atoms with Crippen LogP contribution in [0.4, 0.5) is 34.1 Å². The lowest BCUT2D eigenvalue weighted by atomic mass is 9.66. The molecule has 0 fully saturated rings. The van der Waals surface area contributed by atoms with Gasteiger partial charge in [-0.3, -0.25) is 0 Å². The summed E-state index contributed by atoms with van der Waals surface area (Å²) in [4.78, 5) is 5.01. The summed E-state index contributed by atoms with van der Waals surface area (Å²) in [6, 6.07) is 99.1. The van der Waals surface area contributed by atoms with E-state index in [0.717, 1.165) is 34.1 Å². The fourth-order valence-corrected chi connectivity index (χ4v) is 12.0. The number of hydrogen-bond acceptors (Lipinski definition) is 2. The summed E-state index contributed by atoms with van der Waals surface area (Å²) in [5.74, 6) is 0. The Hall–Kier alpha value is -8.98. The normalized spacial score (nSPS) is 13.0. The molecule has 2 nitrogen and oxygen atoms in total. The molecule has 0 radical (unpaired) electrons. The molecule has 1 spiro atoms. The van der Waals surface area contributed by atoms with Gasteiger partial charge in [0.05, 0.1) is 22.5 Å². The molecular weight excluding hydrogens is 833 g/mol. The van der Waals surface area contributed by atoms with Gasteiger partial charge >= 0.3 is 0 Å². The maximum Gasteiger partial charge on any atom is 0.0781 e. The monoisotopic (exact) mass is 876 g/mol. The second-order valence-electron chi connectivity index (χ2n) is 18.3. The van der Waals surface area contributed by atoms with E-state index in [1.807, 2.05) is 0 Å². The summed E-state index contributed by atoms with van der Waals surface area (Å²) in [6.07, 6.45) is 0. The fourth-order valence-electron chi connectivity index (χ4n) is 12.0. The van der Waals surface area contributed by atoms with Gasteiger partial charge in [0.1, 0.15) is 0 Å². The van der Waals surface area contributed by atoms with Crippen molar-refractivity contribution in [3.8, 4) is 66.8 Å². The van der Waals surface area contributed by atoms with Gasteiger partial charge in [-0.2, -0.15) is 0 Å². The molecule has 3 aliphatic rings. The van der Waals surface area contributed by atoms with Crippen LogP contribution in [0.5, 0.6) is 0 Å². The minimum atomic E-state index is -0.626. The lowest BCUT2D eigenvalue weighted by Crippen LogP contribution is -2.29. The molecule has 322 valence electrons. The summed E-state index contributed by atoms with van der Waals surface area (Å²) >= 11 is 0. The minimum absolute atomic E-state index is 0.626. The molecule has 0 amide bonds. The van der Waals surface area contributed by atoms with Gasteiger partial charge in [-0.05, 0) is 126 Å². The zero-order valence-corrected chi connectivity index (χ0v) is 37.8. The highest BCUT2D eigenvalue weighted by molar-refractivity contribution is 6.08. The van der Waals surface area contributed by atoms with Crippen LogP contribution in [0.3, 0.4) is 0 Å². The first-order valence-electron chi connectivity index (χ1n) is 23.9. The van der Waals surface area contributed by atoms with Gasteiger partial charge < -0.3 is 9.80 Å². The van der Waals surface area contributed by atoms with Gasteiger partial charge in [0.2, 0.25) is 0 Å². The molecule has 0 saturated carbocycles. The Bertz CT molecular complexity index is 3730. The third-order valence-corrected chi connectivity index (χ3v) is 14.8. The van der Waals surface area contributed by atoms with Crippen molar-refractivity contribution in [3.63, 3.8) is 0 Å². The van der Waals surface area contributed by atoms with E-state index in [2.05, 4.69) is 277 Å². The minimum Gasteiger partial charge on any atom is -0.308 e. The predicted octanol–water partition coefficient (Wildman–Crippen LogP) is 18.0. The molecule has 0 saturated heterocycles. The number of nitrogens with zero attached hydrogens (tertiary/aromatic N) is 2. The molecule has 1 aliphatic heterocycles. The lowest BCUT2D eigenvalue weighted by Gasteiger charge is -2.37. The van der Waals surface area contributed by atoms with Crippen LogP contribution >= 0.6 is 0 Å². The van der Waals surface area contributed by atoms with Gasteiger partial charge in [0.25, 0.3) is 0 Å². The molecule has 0 unspecified atom stereocenters. The Kier molecular flexibility index (Phi) is 8.84. The molecular formula is C67H44N2. The van der Waals surface area contributed by atoms with E-state index in [0.29, 0.717) is 0 Å². The number of anilines is 6. The molecule has 0 N–H and O–H groups in total. The smallest absolute Gasteiger partial charge is 0.0781 e. The summed E-state index contributed by atoms with van der Waals surface area (Å²) in [5, 5.41) is 0. The van der Waals surface area contributed by atoms with Gasteiger partial charge in [0.15, 0.2) is 0 Å². The van der Waals surface area contributed by atoms with Crippen LogP contribution in [0.25, 0.3) is 66.8 Å². The van der Waals surface area contributed by atoms with Gasteiger partial charge in [-0.1, -0.05) is 218 Å². The van der Waals surface area contributed by atoms with E-state index in [4.69, 9.17) is 0 Å². The Morgan fingerprint density at radius 3 is 1.30 bits per heavy atom. The standard InChI is InChI=1S/C67H44N2/c1-3-20-45(21-4-1)46-38-40-48(41-39-46)68(65-37-19-32-59-53-27-10-9-26-52(53)58-31-14-18-36-64(58)69(66(59)65)47-22-5-2-6-23-47)49-42-43-57-56-30-13-17-35-62(56)67(63(57)44-49)60-33-15-11-28-54(60)50-24-7-8-25-51(50)55-29-12-16-34-61(55)67/h1-44H. The molecule has 69 heavy (non-hydrogen) atoms. The van der Waals surface area contributed by atoms with Crippen molar-refractivity contribution >= 4 is 34.1 Å². The Morgan fingerprint density at radius 1 is 0.275 bits per heavy atom. The Labute approximate surface area is 403 Å². The maximum absolute atomic E-state index is 2.52. The van der Waals surface area contributed by atoms with Crippen LogP contribution in [0.2, 0.25) is 0 Å². The van der Waals surface area contributed by atoms with Crippen molar-refractivity contribution in [2.24, 2.45) is 0 Å². The van der Waals surface area contributed by atoms with Crippen molar-refractivity contribution in [2.75, 3.05) is 9.80 Å². The average Bonchev–Trinajstić information content (AvgIpc) is 3.57. The van der Waals surface area contributed by atoms with Gasteiger partial charge in [0, 0.05) is 28.2 Å². The zero-order valence-electron chi connectivity index (χ0n) is 37.8. The number of benzene rings is 11. The van der Waals surface area contributed by atoms with Crippen LogP contribution in [0.1, 0.15) is 22.3 Å². The molecule has 0 bridgehead atoms. The van der Waals surface area contributed by atoms with Crippen molar-refractivity contribution < 1.29 is 0 Å². The molecule has 11 aromatic carbocycles. The first-order valence-corrected chi connectivity index (χ1v) is 23.9. The molecule has 0 aromatic heterocycles. The second kappa shape index (κ2) is 15.6. The topological polar surface area (TPSA) is 6.48 Å². The van der Waals surface area contributed by atoms with Crippen LogP contribution < -0.4 is 9.80 Å². The fraction of sp³-hybridized carbons (Fsp3) is 0.0149. The number of para-hydroxylation sites is 3. The van der Waals surface area contributed by atoms with Crippen LogP contribution in [-0.2, 0) is 5.41 Å². The van der Waals surface area contributed by atoms with E-state index < -0.39 is 5.41 Å². The van der Waals surface area contributed by atoms with E-state index in [-0.39, 0.29) is 0 Å². The summed E-state index contributed by atoms with van der Waals surface area (Å²) in [5.41, 5.74) is 25.8. The van der Waals surface area contributed by atoms with Crippen molar-refractivity contribution in [2.45, 2.75) is 5.41 Å². The molecule has 14 rings (SSSR count). The van der Waals surface area contributed by atoms with Gasteiger partial charge in [-0.15, -0.1) is 0 Å². The maximum atomic E-state index is 2.52. The Balaban J connectivity index is 1.09. The third kappa shape index (κ3) is 5.79. The van der Waals surface area contributed by atoms with E-state index in [9.17, 15) is 0 Å². The number of rotatable bonds is 5. The van der Waals surface area contributed by atoms with Crippen LogP contribution in [0, 0.1) is 0 Å². The summed E-state index contributed by atoms with van der Waals surface area (Å²) in [6.45, 7) is 0. The quantitative estimate of drug-likeness (QED) is 0.170. The van der Waals surface area contributed by atoms with Gasteiger partial charge in [-0.25, -0.2) is 0 Å². The second-order valence-corrected chi connectivity index (χ2v) is 18.3. The lowest BCUT2D eigenvalue weighted by molar-refractivity contribution is 0.775. The largest absolute Gasteiger partial charge is 0.308 e. The van der Waals surface area contributed by atoms with Crippen LogP contribution in [-0.4, -0.2) is 0 Å².